The van der Waals surface area contributed by atoms with E-state index in [1.54, 1.807) is 0 Å². The van der Waals surface area contributed by atoms with Gasteiger partial charge in [0.05, 0.1) is 5.69 Å². The number of anilines is 1. The third kappa shape index (κ3) is 7.02. The van der Waals surface area contributed by atoms with Gasteiger partial charge in [0.1, 0.15) is 5.75 Å². The first-order valence-electron chi connectivity index (χ1n) is 16.5. The number of ether oxygens (including phenoxy) is 1. The molecule has 1 aliphatic carbocycles. The van der Waals surface area contributed by atoms with Crippen molar-refractivity contribution in [3.63, 3.8) is 0 Å². The zero-order valence-electron chi connectivity index (χ0n) is 27.2. The van der Waals surface area contributed by atoms with Gasteiger partial charge in [-0.15, -0.1) is 0 Å². The van der Waals surface area contributed by atoms with Crippen molar-refractivity contribution in [3.05, 3.63) is 95.1 Å². The van der Waals surface area contributed by atoms with E-state index in [1.807, 2.05) is 49.9 Å². The van der Waals surface area contributed by atoms with Crippen molar-refractivity contribution in [2.24, 2.45) is 0 Å². The molecule has 3 aromatic rings. The van der Waals surface area contributed by atoms with Crippen LogP contribution >= 0.6 is 0 Å². The van der Waals surface area contributed by atoms with Gasteiger partial charge in [0.25, 0.3) is 11.8 Å². The number of carbonyl (C=O) groups is 2. The van der Waals surface area contributed by atoms with Gasteiger partial charge in [-0.25, -0.2) is 0 Å². The topological polar surface area (TPSA) is 53.1 Å². The molecule has 0 bridgehead atoms. The van der Waals surface area contributed by atoms with Gasteiger partial charge in [-0.2, -0.15) is 0 Å². The summed E-state index contributed by atoms with van der Waals surface area (Å²) in [6.07, 6.45) is 6.23. The van der Waals surface area contributed by atoms with Gasteiger partial charge in [-0.3, -0.25) is 14.5 Å². The molecule has 1 atom stereocenters. The number of carbonyl (C=O) groups excluding carboxylic acids is 2. The highest BCUT2D eigenvalue weighted by Gasteiger charge is 2.44. The van der Waals surface area contributed by atoms with Gasteiger partial charge in [-0.1, -0.05) is 86.8 Å². The van der Waals surface area contributed by atoms with Crippen LogP contribution in [0.2, 0.25) is 0 Å². The van der Waals surface area contributed by atoms with E-state index in [0.29, 0.717) is 36.5 Å². The maximum absolute atomic E-state index is 14.2. The fourth-order valence-corrected chi connectivity index (χ4v) is 6.78. The molecule has 3 aromatic carbocycles. The Morgan fingerprint density at radius 3 is 2.09 bits per heavy atom. The highest BCUT2D eigenvalue weighted by molar-refractivity contribution is 6.05. The normalized spacial score (nSPS) is 18.8. The molecule has 0 saturated heterocycles. The molecule has 2 aliphatic rings. The minimum atomic E-state index is -0.958. The zero-order chi connectivity index (χ0) is 31.3. The molecular formula is C38H49N3O3. The largest absolute Gasteiger partial charge is 0.476 e. The predicted octanol–water partition coefficient (Wildman–Crippen LogP) is 7.77. The Morgan fingerprint density at radius 2 is 1.55 bits per heavy atom. The number of hydrogen-bond donors (Lipinski definition) is 0. The zero-order valence-corrected chi connectivity index (χ0v) is 27.2. The third-order valence-corrected chi connectivity index (χ3v) is 9.43. The summed E-state index contributed by atoms with van der Waals surface area (Å²) < 4.78 is 6.42. The maximum atomic E-state index is 14.2. The van der Waals surface area contributed by atoms with Gasteiger partial charge in [0.15, 0.2) is 5.60 Å². The highest BCUT2D eigenvalue weighted by Crippen LogP contribution is 2.41. The number of fused-ring (bicyclic) bond motifs is 1. The van der Waals surface area contributed by atoms with Crippen molar-refractivity contribution < 1.29 is 14.3 Å². The summed E-state index contributed by atoms with van der Waals surface area (Å²) in [6, 6.07) is 25.2. The van der Waals surface area contributed by atoms with E-state index < -0.39 is 5.60 Å². The minimum Gasteiger partial charge on any atom is -0.476 e. The van der Waals surface area contributed by atoms with Crippen LogP contribution < -0.4 is 9.64 Å². The van der Waals surface area contributed by atoms with Crippen molar-refractivity contribution in [2.75, 3.05) is 18.0 Å². The van der Waals surface area contributed by atoms with Crippen LogP contribution in [0.5, 0.6) is 5.75 Å². The molecule has 1 fully saturated rings. The van der Waals surface area contributed by atoms with Crippen LogP contribution in [-0.2, 0) is 17.9 Å². The molecule has 2 amide bonds. The Bertz CT molecular complexity index is 1380. The Balaban J connectivity index is 1.46. The van der Waals surface area contributed by atoms with Crippen molar-refractivity contribution in [1.82, 2.24) is 9.80 Å². The molecule has 0 spiro atoms. The van der Waals surface area contributed by atoms with Crippen molar-refractivity contribution in [2.45, 2.75) is 104 Å². The Labute approximate surface area is 264 Å². The van der Waals surface area contributed by atoms with Gasteiger partial charge in [-0.05, 0) is 75.8 Å². The lowest BCUT2D eigenvalue weighted by atomic mass is 9.92. The molecule has 234 valence electrons. The van der Waals surface area contributed by atoms with Crippen molar-refractivity contribution in [1.29, 1.82) is 0 Å². The van der Waals surface area contributed by atoms with Gasteiger partial charge in [0, 0.05) is 43.8 Å². The van der Waals surface area contributed by atoms with E-state index in [4.69, 9.17) is 4.74 Å². The van der Waals surface area contributed by atoms with Crippen LogP contribution in [0.1, 0.15) is 93.3 Å². The number of benzene rings is 3. The quantitative estimate of drug-likeness (QED) is 0.227. The molecule has 1 saturated carbocycles. The van der Waals surface area contributed by atoms with Crippen LogP contribution in [-0.4, -0.2) is 52.4 Å². The number of aryl methyl sites for hydroxylation is 1. The highest BCUT2D eigenvalue weighted by atomic mass is 16.5. The van der Waals surface area contributed by atoms with E-state index in [9.17, 15) is 9.59 Å². The predicted molar refractivity (Wildman–Crippen MR) is 178 cm³/mol. The molecular weight excluding hydrogens is 546 g/mol. The van der Waals surface area contributed by atoms with E-state index in [0.717, 1.165) is 31.5 Å². The number of nitrogens with zero attached hydrogens (tertiary/aromatic N) is 3. The van der Waals surface area contributed by atoms with Crippen molar-refractivity contribution >= 4 is 17.5 Å². The summed E-state index contributed by atoms with van der Waals surface area (Å²) in [7, 11) is 0. The third-order valence-electron chi connectivity index (χ3n) is 9.43. The summed E-state index contributed by atoms with van der Waals surface area (Å²) in [5.74, 6) is 0.676. The standard InChI is InChI=1S/C38H49N3O3/c1-6-38(5)37(43)40(23-22-39(26-30-16-10-7-11-17-30)27-31-18-12-8-13-19-31)34-25-33(29(4)24-35(34)44-38)36(42)41(28(2)3)32-20-14-9-15-21-32/h7-8,10-13,16-19,24-25,28,32H,6,9,14-15,20-23,26-27H2,1-5H3. The second-order valence-corrected chi connectivity index (χ2v) is 13.1. The van der Waals surface area contributed by atoms with Gasteiger partial charge >= 0.3 is 0 Å². The minimum absolute atomic E-state index is 0.0536. The molecule has 5 rings (SSSR count). The molecule has 1 aliphatic heterocycles. The van der Waals surface area contributed by atoms with Gasteiger partial charge in [0.2, 0.25) is 0 Å². The molecule has 6 nitrogen and oxygen atoms in total. The van der Waals surface area contributed by atoms with E-state index in [-0.39, 0.29) is 23.9 Å². The summed E-state index contributed by atoms with van der Waals surface area (Å²) in [4.78, 5) is 34.7. The maximum Gasteiger partial charge on any atom is 0.271 e. The van der Waals surface area contributed by atoms with Crippen LogP contribution in [0.25, 0.3) is 0 Å². The molecule has 6 heteroatoms. The molecule has 1 heterocycles. The lowest BCUT2D eigenvalue weighted by Gasteiger charge is -2.42. The first kappa shape index (κ1) is 31.8. The molecule has 0 N–H and O–H groups in total. The summed E-state index contributed by atoms with van der Waals surface area (Å²) >= 11 is 0. The van der Waals surface area contributed by atoms with E-state index >= 15 is 0 Å². The average molecular weight is 596 g/mol. The fraction of sp³-hybridized carbons (Fsp3) is 0.474. The number of rotatable bonds is 11. The number of amides is 2. The van der Waals surface area contributed by atoms with Gasteiger partial charge < -0.3 is 14.5 Å². The van der Waals surface area contributed by atoms with Crippen molar-refractivity contribution in [3.8, 4) is 5.75 Å². The Morgan fingerprint density at radius 1 is 0.955 bits per heavy atom. The van der Waals surface area contributed by atoms with Crippen LogP contribution in [0.4, 0.5) is 5.69 Å². The molecule has 0 aromatic heterocycles. The lowest BCUT2D eigenvalue weighted by molar-refractivity contribution is -0.134. The summed E-state index contributed by atoms with van der Waals surface area (Å²) in [5.41, 5.74) is 3.75. The van der Waals surface area contributed by atoms with E-state index in [2.05, 4.69) is 72.2 Å². The monoisotopic (exact) mass is 595 g/mol. The Kier molecular flexibility index (Phi) is 10.1. The lowest BCUT2D eigenvalue weighted by Crippen LogP contribution is -2.55. The van der Waals surface area contributed by atoms with Crippen LogP contribution in [0.3, 0.4) is 0 Å². The summed E-state index contributed by atoms with van der Waals surface area (Å²) in [5, 5.41) is 0. The number of hydrogen-bond acceptors (Lipinski definition) is 4. The molecule has 44 heavy (non-hydrogen) atoms. The second kappa shape index (κ2) is 14.0. The summed E-state index contributed by atoms with van der Waals surface area (Å²) in [6.45, 7) is 12.8. The average Bonchev–Trinajstić information content (AvgIpc) is 3.02. The van der Waals surface area contributed by atoms with E-state index in [1.165, 1.54) is 30.4 Å². The van der Waals surface area contributed by atoms with Crippen LogP contribution in [0.15, 0.2) is 72.8 Å². The molecule has 0 radical (unpaired) electrons. The fourth-order valence-electron chi connectivity index (χ4n) is 6.78. The second-order valence-electron chi connectivity index (χ2n) is 13.1. The van der Waals surface area contributed by atoms with Crippen LogP contribution in [0, 0.1) is 6.92 Å². The molecule has 1 unspecified atom stereocenters. The first-order valence-corrected chi connectivity index (χ1v) is 16.5. The smallest absolute Gasteiger partial charge is 0.271 e. The SMILES string of the molecule is CCC1(C)Oc2cc(C)c(C(=O)N(C(C)C)C3CCCCC3)cc2N(CCN(Cc2ccccc2)Cc2ccccc2)C1=O. The Hall–Kier alpha value is -3.64. The first-order chi connectivity index (χ1) is 21.2.